The highest BCUT2D eigenvalue weighted by atomic mass is 19.1. The molecule has 0 unspecified atom stereocenters. The van der Waals surface area contributed by atoms with E-state index in [0.29, 0.717) is 23.0 Å². The first-order valence-corrected chi connectivity index (χ1v) is 11.4. The largest absolute Gasteiger partial charge is 0.461 e. The molecule has 0 amide bonds. The van der Waals surface area contributed by atoms with Crippen molar-refractivity contribution in [3.05, 3.63) is 65.5 Å². The van der Waals surface area contributed by atoms with E-state index in [-0.39, 0.29) is 48.9 Å². The summed E-state index contributed by atoms with van der Waals surface area (Å²) in [7, 11) is 3.04. The highest BCUT2D eigenvalue weighted by Gasteiger charge is 2.29. The van der Waals surface area contributed by atoms with Gasteiger partial charge in [-0.3, -0.25) is 0 Å². The zero-order valence-corrected chi connectivity index (χ0v) is 20.2. The van der Waals surface area contributed by atoms with Crippen LogP contribution in [0.2, 0.25) is 0 Å². The van der Waals surface area contributed by atoms with Crippen LogP contribution in [-0.2, 0) is 27.3 Å². The molecule has 2 heterocycles. The first-order valence-electron chi connectivity index (χ1n) is 11.4. The molecule has 0 aliphatic rings. The van der Waals surface area contributed by atoms with Gasteiger partial charge in [0.1, 0.15) is 17.3 Å². The van der Waals surface area contributed by atoms with Crippen LogP contribution in [0.15, 0.2) is 42.5 Å². The first-order chi connectivity index (χ1) is 17.4. The summed E-state index contributed by atoms with van der Waals surface area (Å²) < 4.78 is 52.7. The minimum absolute atomic E-state index is 0.0338. The molecule has 4 rings (SSSR count). The Balaban J connectivity index is 1.86. The van der Waals surface area contributed by atoms with E-state index >= 15 is 0 Å². The topological polar surface area (TPSA) is 80.9 Å². The van der Waals surface area contributed by atoms with Gasteiger partial charge in [-0.15, -0.1) is 0 Å². The van der Waals surface area contributed by atoms with Crippen molar-refractivity contribution in [3.63, 3.8) is 0 Å². The van der Waals surface area contributed by atoms with Crippen LogP contribution in [0.4, 0.5) is 8.78 Å². The zero-order chi connectivity index (χ0) is 25.8. The molecule has 0 fully saturated rings. The van der Waals surface area contributed by atoms with E-state index in [4.69, 9.17) is 18.9 Å². The number of benzene rings is 2. The summed E-state index contributed by atoms with van der Waals surface area (Å²) in [5.74, 6) is -2.67. The number of halogens is 2. The molecule has 0 N–H and O–H groups in total. The van der Waals surface area contributed by atoms with Crippen LogP contribution in [0.5, 0.6) is 5.75 Å². The lowest BCUT2D eigenvalue weighted by Gasteiger charge is -2.12. The molecular weight excluding hydrogens is 474 g/mol. The maximum absolute atomic E-state index is 14.3. The van der Waals surface area contributed by atoms with Crippen LogP contribution in [0.25, 0.3) is 21.8 Å². The minimum atomic E-state index is -0.802. The van der Waals surface area contributed by atoms with E-state index in [1.54, 1.807) is 22.1 Å². The Bertz CT molecular complexity index is 1430. The van der Waals surface area contributed by atoms with E-state index in [1.807, 2.05) is 0 Å². The van der Waals surface area contributed by atoms with Crippen molar-refractivity contribution in [2.75, 3.05) is 34.0 Å². The van der Waals surface area contributed by atoms with Crippen LogP contribution in [0.3, 0.4) is 0 Å². The number of methoxy groups -OCH3 is 2. The third-order valence-electron chi connectivity index (χ3n) is 5.75. The highest BCUT2D eigenvalue weighted by molar-refractivity contribution is 6.05. The molecule has 2 aromatic heterocycles. The van der Waals surface area contributed by atoms with Gasteiger partial charge in [-0.1, -0.05) is 0 Å². The number of carbonyl (C=O) groups excluding carboxylic acids is 2. The summed E-state index contributed by atoms with van der Waals surface area (Å²) >= 11 is 0. The number of aromatic nitrogens is 2. The Morgan fingerprint density at radius 2 is 1.47 bits per heavy atom. The molecule has 36 heavy (non-hydrogen) atoms. The lowest BCUT2D eigenvalue weighted by molar-refractivity contribution is 0.0506. The lowest BCUT2D eigenvalue weighted by atomic mass is 10.2. The van der Waals surface area contributed by atoms with Gasteiger partial charge in [0.05, 0.1) is 25.3 Å². The Hall–Kier alpha value is -3.76. The second kappa shape index (κ2) is 10.9. The Morgan fingerprint density at radius 1 is 0.833 bits per heavy atom. The molecule has 0 aliphatic carbocycles. The predicted molar refractivity (Wildman–Crippen MR) is 128 cm³/mol. The Kier molecular flexibility index (Phi) is 7.66. The number of hydrogen-bond donors (Lipinski definition) is 0. The average Bonchev–Trinajstić information content (AvgIpc) is 3.36. The van der Waals surface area contributed by atoms with E-state index in [1.165, 1.54) is 50.6 Å². The number of esters is 2. The van der Waals surface area contributed by atoms with Crippen molar-refractivity contribution in [2.24, 2.45) is 0 Å². The molecule has 0 saturated heterocycles. The molecule has 8 nitrogen and oxygen atoms in total. The van der Waals surface area contributed by atoms with Gasteiger partial charge in [-0.2, -0.15) is 0 Å². The molecule has 2 aromatic carbocycles. The summed E-state index contributed by atoms with van der Waals surface area (Å²) in [5.41, 5.74) is 1.17. The predicted octanol–water partition coefficient (Wildman–Crippen LogP) is 4.56. The molecule has 0 radical (unpaired) electrons. The van der Waals surface area contributed by atoms with Gasteiger partial charge in [0.15, 0.2) is 11.4 Å². The summed E-state index contributed by atoms with van der Waals surface area (Å²) in [4.78, 5) is 26.5. The molecule has 0 spiro atoms. The monoisotopic (exact) mass is 500 g/mol. The van der Waals surface area contributed by atoms with Crippen LogP contribution in [0.1, 0.15) is 27.9 Å². The van der Waals surface area contributed by atoms with Crippen molar-refractivity contribution in [2.45, 2.75) is 20.0 Å². The van der Waals surface area contributed by atoms with Gasteiger partial charge in [0, 0.05) is 43.6 Å². The smallest absolute Gasteiger partial charge is 0.360 e. The number of fused-ring (bicyclic) bond motifs is 2. The van der Waals surface area contributed by atoms with Gasteiger partial charge in [-0.05, 0) is 49.4 Å². The van der Waals surface area contributed by atoms with E-state index < -0.39 is 23.6 Å². The quantitative estimate of drug-likeness (QED) is 0.297. The van der Waals surface area contributed by atoms with Crippen LogP contribution in [-0.4, -0.2) is 55.1 Å². The molecular formula is C26H26F2N2O6. The van der Waals surface area contributed by atoms with E-state index in [2.05, 4.69) is 0 Å². The maximum Gasteiger partial charge on any atom is 0.360 e. The fourth-order valence-corrected chi connectivity index (χ4v) is 4.20. The first kappa shape index (κ1) is 25.3. The summed E-state index contributed by atoms with van der Waals surface area (Å²) in [6.07, 6.45) is 0. The minimum Gasteiger partial charge on any atom is -0.461 e. The highest BCUT2D eigenvalue weighted by Crippen LogP contribution is 2.36. The van der Waals surface area contributed by atoms with Gasteiger partial charge < -0.3 is 28.1 Å². The maximum atomic E-state index is 14.3. The third kappa shape index (κ3) is 4.82. The van der Waals surface area contributed by atoms with Gasteiger partial charge >= 0.3 is 11.9 Å². The third-order valence-corrected chi connectivity index (χ3v) is 5.75. The van der Waals surface area contributed by atoms with Crippen molar-refractivity contribution < 1.29 is 37.3 Å². The standard InChI is InChI=1S/C26H26F2N2O6/c1-4-35-26(32)23-24(19-15-18(28)6-8-21(19)30(23)10-12-34-3)36-25(31)22-14-16-13-17(27)5-7-20(16)29(22)9-11-33-2/h5-8,13-15H,4,9-12H2,1-3H3. The van der Waals surface area contributed by atoms with Gasteiger partial charge in [0.25, 0.3) is 0 Å². The number of ether oxygens (including phenoxy) is 4. The Labute approximate surface area is 205 Å². The van der Waals surface area contributed by atoms with E-state index in [9.17, 15) is 18.4 Å². The SMILES string of the molecule is CCOC(=O)c1c(OC(=O)c2cc3cc(F)ccc3n2CCOC)c2cc(F)ccc2n1CCOC. The average molecular weight is 500 g/mol. The van der Waals surface area contributed by atoms with Gasteiger partial charge in [-0.25, -0.2) is 18.4 Å². The fraction of sp³-hybridized carbons (Fsp3) is 0.308. The van der Waals surface area contributed by atoms with Crippen molar-refractivity contribution in [3.8, 4) is 5.75 Å². The molecule has 0 bridgehead atoms. The summed E-state index contributed by atoms with van der Waals surface area (Å²) in [6, 6.07) is 9.62. The second-order valence-corrected chi connectivity index (χ2v) is 7.97. The molecule has 0 aliphatic heterocycles. The molecule has 0 atom stereocenters. The zero-order valence-electron chi connectivity index (χ0n) is 20.2. The number of carbonyl (C=O) groups is 2. The van der Waals surface area contributed by atoms with Crippen molar-refractivity contribution in [1.29, 1.82) is 0 Å². The van der Waals surface area contributed by atoms with E-state index in [0.717, 1.165) is 0 Å². The fourth-order valence-electron chi connectivity index (χ4n) is 4.20. The van der Waals surface area contributed by atoms with Crippen LogP contribution in [0, 0.1) is 11.6 Å². The van der Waals surface area contributed by atoms with Crippen molar-refractivity contribution >= 4 is 33.7 Å². The molecule has 0 saturated carbocycles. The van der Waals surface area contributed by atoms with Crippen molar-refractivity contribution in [1.82, 2.24) is 9.13 Å². The lowest BCUT2D eigenvalue weighted by Crippen LogP contribution is -2.19. The number of rotatable bonds is 10. The summed E-state index contributed by atoms with van der Waals surface area (Å²) in [6.45, 7) is 2.81. The number of hydrogen-bond acceptors (Lipinski definition) is 6. The number of nitrogens with zero attached hydrogens (tertiary/aromatic N) is 2. The van der Waals surface area contributed by atoms with Crippen LogP contribution >= 0.6 is 0 Å². The Morgan fingerprint density at radius 3 is 2.14 bits per heavy atom. The van der Waals surface area contributed by atoms with Gasteiger partial charge in [0.2, 0.25) is 0 Å². The second-order valence-electron chi connectivity index (χ2n) is 7.97. The molecule has 190 valence electrons. The molecule has 4 aromatic rings. The molecule has 10 heteroatoms. The normalized spacial score (nSPS) is 11.4. The van der Waals surface area contributed by atoms with Crippen LogP contribution < -0.4 is 4.74 Å². The summed E-state index contributed by atoms with van der Waals surface area (Å²) in [5, 5.41) is 0.727.